The van der Waals surface area contributed by atoms with Crippen molar-refractivity contribution in [2.75, 3.05) is 0 Å². The molecule has 4 nitrogen and oxygen atoms in total. The molecule has 9 heavy (non-hydrogen) atoms. The average Bonchev–Trinajstić information content (AvgIpc) is 1.64. The first kappa shape index (κ1) is 7.76. The summed E-state index contributed by atoms with van der Waals surface area (Å²) in [5.41, 5.74) is -0.997. The van der Waals surface area contributed by atoms with E-state index in [1.54, 1.807) is 0 Å². The molecule has 0 rings (SSSR count). The average molecular weight is 126 g/mol. The quantitative estimate of drug-likeness (QED) is 0.397. The van der Waals surface area contributed by atoms with E-state index in [9.17, 15) is 9.59 Å². The zero-order chi connectivity index (χ0) is 7.33. The molecule has 0 aliphatic rings. The van der Waals surface area contributed by atoms with Crippen molar-refractivity contribution in [3.05, 3.63) is 0 Å². The van der Waals surface area contributed by atoms with E-state index < -0.39 is 5.66 Å². The Balaban J connectivity index is 4.36. The Kier molecular flexibility index (Phi) is 2.52. The predicted octanol–water partition coefficient (Wildman–Crippen LogP) is 0.394. The maximum Gasteiger partial charge on any atom is 0.237 e. The minimum absolute atomic E-state index is 0.997. The minimum atomic E-state index is -0.997. The first-order valence-corrected chi connectivity index (χ1v) is 2.30. The molecule has 0 saturated heterocycles. The third-order valence-electron chi connectivity index (χ3n) is 0.639. The molecule has 4 heteroatoms. The first-order chi connectivity index (χ1) is 4.12. The van der Waals surface area contributed by atoms with E-state index in [0.29, 0.717) is 0 Å². The molecule has 0 radical (unpaired) electrons. The Morgan fingerprint density at radius 3 is 1.67 bits per heavy atom. The van der Waals surface area contributed by atoms with Gasteiger partial charge in [-0.2, -0.15) is 9.98 Å². The van der Waals surface area contributed by atoms with Gasteiger partial charge in [0.1, 0.15) is 0 Å². The number of nitrogens with zero attached hydrogens (tertiary/aromatic N) is 2. The summed E-state index contributed by atoms with van der Waals surface area (Å²) in [6, 6.07) is 0. The second-order valence-electron chi connectivity index (χ2n) is 1.90. The normalized spacial score (nSPS) is 9.11. The van der Waals surface area contributed by atoms with Crippen molar-refractivity contribution in [3.8, 4) is 0 Å². The molecule has 0 aromatic heterocycles. The topological polar surface area (TPSA) is 58.9 Å². The van der Waals surface area contributed by atoms with Gasteiger partial charge in [-0.3, -0.25) is 0 Å². The number of hydrogen-bond acceptors (Lipinski definition) is 4. The van der Waals surface area contributed by atoms with Crippen LogP contribution in [0.15, 0.2) is 9.98 Å². The fourth-order valence-corrected chi connectivity index (χ4v) is 0.248. The predicted molar refractivity (Wildman–Crippen MR) is 30.3 cm³/mol. The first-order valence-electron chi connectivity index (χ1n) is 2.30. The SMILES string of the molecule is CC(C)(N=C=O)N=C=O. The molecule has 0 aliphatic carbocycles. The second-order valence-corrected chi connectivity index (χ2v) is 1.90. The third kappa shape index (κ3) is 3.35. The summed E-state index contributed by atoms with van der Waals surface area (Å²) >= 11 is 0. The molecule has 48 valence electrons. The number of aliphatic imine (C=N–C) groups is 2. The highest BCUT2D eigenvalue weighted by Gasteiger charge is 2.12. The van der Waals surface area contributed by atoms with Crippen molar-refractivity contribution >= 4 is 12.2 Å². The minimum Gasteiger partial charge on any atom is -0.211 e. The maximum absolute atomic E-state index is 9.61. The van der Waals surface area contributed by atoms with Crippen LogP contribution in [0, 0.1) is 0 Å². The zero-order valence-electron chi connectivity index (χ0n) is 5.21. The van der Waals surface area contributed by atoms with Gasteiger partial charge in [0, 0.05) is 0 Å². The van der Waals surface area contributed by atoms with Crippen molar-refractivity contribution in [3.63, 3.8) is 0 Å². The number of rotatable bonds is 2. The number of hydrogen-bond donors (Lipinski definition) is 0. The van der Waals surface area contributed by atoms with Crippen LogP contribution in [-0.4, -0.2) is 17.8 Å². The zero-order valence-corrected chi connectivity index (χ0v) is 5.21. The van der Waals surface area contributed by atoms with Gasteiger partial charge in [0.2, 0.25) is 12.2 Å². The summed E-state index contributed by atoms with van der Waals surface area (Å²) in [7, 11) is 0. The van der Waals surface area contributed by atoms with Crippen LogP contribution in [-0.2, 0) is 9.59 Å². The Hall–Kier alpha value is -1.24. The summed E-state index contributed by atoms with van der Waals surface area (Å²) in [4.78, 5) is 25.7. The smallest absolute Gasteiger partial charge is 0.211 e. The van der Waals surface area contributed by atoms with E-state index in [1.807, 2.05) is 0 Å². The van der Waals surface area contributed by atoms with E-state index in [0.717, 1.165) is 0 Å². The molecule has 0 bridgehead atoms. The van der Waals surface area contributed by atoms with E-state index >= 15 is 0 Å². The number of isocyanates is 2. The van der Waals surface area contributed by atoms with Crippen molar-refractivity contribution in [2.24, 2.45) is 9.98 Å². The highest BCUT2D eigenvalue weighted by molar-refractivity contribution is 5.38. The van der Waals surface area contributed by atoms with Crippen molar-refractivity contribution < 1.29 is 9.59 Å². The summed E-state index contributed by atoms with van der Waals surface area (Å²) in [6.07, 6.45) is 2.59. The summed E-state index contributed by atoms with van der Waals surface area (Å²) in [6.45, 7) is 3.01. The monoisotopic (exact) mass is 126 g/mol. The molecular weight excluding hydrogens is 120 g/mol. The summed E-state index contributed by atoms with van der Waals surface area (Å²) < 4.78 is 0. The van der Waals surface area contributed by atoms with Gasteiger partial charge in [-0.25, -0.2) is 9.59 Å². The van der Waals surface area contributed by atoms with Crippen LogP contribution < -0.4 is 0 Å². The fraction of sp³-hybridized carbons (Fsp3) is 0.600. The lowest BCUT2D eigenvalue weighted by molar-refractivity contribution is 0.508. The Bertz CT molecular complexity index is 165. The second kappa shape index (κ2) is 2.92. The molecule has 0 spiro atoms. The lowest BCUT2D eigenvalue weighted by atomic mass is 10.3. The molecule has 0 aromatic carbocycles. The van der Waals surface area contributed by atoms with Crippen LogP contribution in [0.2, 0.25) is 0 Å². The summed E-state index contributed by atoms with van der Waals surface area (Å²) in [5, 5.41) is 0. The van der Waals surface area contributed by atoms with Crippen LogP contribution >= 0.6 is 0 Å². The van der Waals surface area contributed by atoms with E-state index in [4.69, 9.17) is 0 Å². The van der Waals surface area contributed by atoms with Crippen LogP contribution in [0.4, 0.5) is 0 Å². The molecule has 0 unspecified atom stereocenters. The maximum atomic E-state index is 9.61. The van der Waals surface area contributed by atoms with E-state index in [2.05, 4.69) is 9.98 Å². The van der Waals surface area contributed by atoms with Gasteiger partial charge in [-0.15, -0.1) is 0 Å². The molecule has 0 fully saturated rings. The molecule has 0 aliphatic heterocycles. The molecule has 0 saturated carbocycles. The Labute approximate surface area is 52.3 Å². The number of carbonyl (C=O) groups excluding carboxylic acids is 2. The molecule has 0 aromatic rings. The van der Waals surface area contributed by atoms with Crippen LogP contribution in [0.1, 0.15) is 13.8 Å². The van der Waals surface area contributed by atoms with E-state index in [-0.39, 0.29) is 0 Å². The Morgan fingerprint density at radius 1 is 1.11 bits per heavy atom. The molecule has 0 N–H and O–H groups in total. The standard InChI is InChI=1S/C5H6N2O2/c1-5(2,6-3-8)7-4-9/h1-2H3. The highest BCUT2D eigenvalue weighted by atomic mass is 16.1. The van der Waals surface area contributed by atoms with E-state index in [1.165, 1.54) is 26.0 Å². The lowest BCUT2D eigenvalue weighted by Gasteiger charge is -2.05. The van der Waals surface area contributed by atoms with Gasteiger partial charge in [-0.05, 0) is 13.8 Å². The van der Waals surface area contributed by atoms with Gasteiger partial charge in [0.15, 0.2) is 5.66 Å². The van der Waals surface area contributed by atoms with Gasteiger partial charge in [0.25, 0.3) is 0 Å². The molecule has 0 atom stereocenters. The van der Waals surface area contributed by atoms with Gasteiger partial charge in [-0.1, -0.05) is 0 Å². The van der Waals surface area contributed by atoms with Gasteiger partial charge in [0.05, 0.1) is 0 Å². The van der Waals surface area contributed by atoms with Gasteiger partial charge >= 0.3 is 0 Å². The fourth-order valence-electron chi connectivity index (χ4n) is 0.248. The highest BCUT2D eigenvalue weighted by Crippen LogP contribution is 2.06. The molecule has 0 amide bonds. The van der Waals surface area contributed by atoms with Crippen molar-refractivity contribution in [2.45, 2.75) is 19.5 Å². The van der Waals surface area contributed by atoms with Crippen LogP contribution in [0.3, 0.4) is 0 Å². The lowest BCUT2D eigenvalue weighted by Crippen LogP contribution is -2.11. The molecular formula is C5H6N2O2. The summed E-state index contributed by atoms with van der Waals surface area (Å²) in [5.74, 6) is 0. The van der Waals surface area contributed by atoms with Crippen molar-refractivity contribution in [1.29, 1.82) is 0 Å². The Morgan fingerprint density at radius 2 is 1.44 bits per heavy atom. The van der Waals surface area contributed by atoms with Crippen LogP contribution in [0.25, 0.3) is 0 Å². The third-order valence-corrected chi connectivity index (χ3v) is 0.639. The largest absolute Gasteiger partial charge is 0.237 e. The van der Waals surface area contributed by atoms with Gasteiger partial charge < -0.3 is 0 Å². The van der Waals surface area contributed by atoms with Crippen molar-refractivity contribution in [1.82, 2.24) is 0 Å². The molecule has 0 heterocycles. The van der Waals surface area contributed by atoms with Crippen LogP contribution in [0.5, 0.6) is 0 Å².